The van der Waals surface area contributed by atoms with E-state index in [1.165, 1.54) is 0 Å². The third-order valence-corrected chi connectivity index (χ3v) is 1.88. The van der Waals surface area contributed by atoms with Crippen LogP contribution in [0.1, 0.15) is 5.56 Å². The molecular weight excluding hydrogens is 197 g/mol. The third kappa shape index (κ3) is 2.05. The van der Waals surface area contributed by atoms with Crippen LogP contribution in [0.4, 0.5) is 0 Å². The van der Waals surface area contributed by atoms with Crippen LogP contribution in [0.25, 0.3) is 10.4 Å². The maximum absolute atomic E-state index is 8.15. The number of nitrogens with zero attached hydrogens (tertiary/aromatic N) is 3. The summed E-state index contributed by atoms with van der Waals surface area (Å²) < 4.78 is -1.50. The molecule has 12 heavy (non-hydrogen) atoms. The molecule has 1 aromatic rings. The summed E-state index contributed by atoms with van der Waals surface area (Å²) in [4.78, 5) is 2.54. The van der Waals surface area contributed by atoms with Crippen LogP contribution >= 0.6 is 23.2 Å². The molecule has 3 nitrogen and oxygen atoms in total. The first-order valence-corrected chi connectivity index (χ1v) is 3.92. The molecule has 0 bridgehead atoms. The Balaban J connectivity index is 3.05. The maximum Gasteiger partial charge on any atom is 0.221 e. The van der Waals surface area contributed by atoms with E-state index in [1.807, 2.05) is 6.07 Å². The monoisotopic (exact) mass is 201 g/mol. The van der Waals surface area contributed by atoms with E-state index < -0.39 is 4.46 Å². The molecule has 62 valence electrons. The molecule has 0 amide bonds. The molecule has 0 aliphatic carbocycles. The molecule has 0 aliphatic heterocycles. The summed E-state index contributed by atoms with van der Waals surface area (Å²) in [6, 6.07) is 8.73. The normalized spacial score (nSPS) is 10.5. The molecule has 0 aliphatic rings. The molecule has 0 saturated heterocycles. The van der Waals surface area contributed by atoms with Gasteiger partial charge in [-0.05, 0) is 11.1 Å². The Morgan fingerprint density at radius 3 is 2.33 bits per heavy atom. The van der Waals surface area contributed by atoms with Crippen LogP contribution in [-0.4, -0.2) is 0 Å². The summed E-state index contributed by atoms with van der Waals surface area (Å²) in [5.74, 6) is 0. The fourth-order valence-corrected chi connectivity index (χ4v) is 1.07. The van der Waals surface area contributed by atoms with Gasteiger partial charge in [0.25, 0.3) is 0 Å². The molecule has 0 atom stereocenters. The van der Waals surface area contributed by atoms with Crippen molar-refractivity contribution in [2.24, 2.45) is 5.11 Å². The molecule has 0 aromatic heterocycles. The van der Waals surface area contributed by atoms with Crippen molar-refractivity contribution in [3.8, 4) is 0 Å². The zero-order valence-corrected chi connectivity index (χ0v) is 7.50. The van der Waals surface area contributed by atoms with Gasteiger partial charge < -0.3 is 0 Å². The summed E-state index contributed by atoms with van der Waals surface area (Å²) in [6.07, 6.45) is 0. The van der Waals surface area contributed by atoms with Crippen molar-refractivity contribution in [2.75, 3.05) is 0 Å². The van der Waals surface area contributed by atoms with Crippen molar-refractivity contribution in [1.82, 2.24) is 0 Å². The Morgan fingerprint density at radius 2 is 1.83 bits per heavy atom. The highest BCUT2D eigenvalue weighted by molar-refractivity contribution is 6.47. The van der Waals surface area contributed by atoms with Crippen LogP contribution in [0.15, 0.2) is 35.4 Å². The quantitative estimate of drug-likeness (QED) is 0.231. The first kappa shape index (κ1) is 9.20. The predicted octanol–water partition coefficient (Wildman–Crippen LogP) is 3.58. The highest BCUT2D eigenvalue weighted by Crippen LogP contribution is 2.34. The van der Waals surface area contributed by atoms with Crippen molar-refractivity contribution in [3.63, 3.8) is 0 Å². The van der Waals surface area contributed by atoms with Crippen LogP contribution in [0.3, 0.4) is 0 Å². The van der Waals surface area contributed by atoms with Crippen LogP contribution in [0.5, 0.6) is 0 Å². The Bertz CT molecular complexity index is 304. The van der Waals surface area contributed by atoms with Gasteiger partial charge in [-0.3, -0.25) is 0 Å². The van der Waals surface area contributed by atoms with Gasteiger partial charge in [0.2, 0.25) is 4.46 Å². The molecule has 1 rings (SSSR count). The predicted molar refractivity (Wildman–Crippen MR) is 49.0 cm³/mol. The average molecular weight is 202 g/mol. The van der Waals surface area contributed by atoms with Crippen molar-refractivity contribution in [1.29, 1.82) is 0 Å². The maximum atomic E-state index is 8.15. The van der Waals surface area contributed by atoms with Gasteiger partial charge in [0, 0.05) is 4.91 Å². The molecular formula is C7H5Cl2N3. The molecule has 0 spiro atoms. The van der Waals surface area contributed by atoms with Crippen LogP contribution in [0, 0.1) is 0 Å². The van der Waals surface area contributed by atoms with Crippen molar-refractivity contribution in [3.05, 3.63) is 46.3 Å². The van der Waals surface area contributed by atoms with Crippen LogP contribution in [-0.2, 0) is 4.46 Å². The van der Waals surface area contributed by atoms with Gasteiger partial charge in [-0.1, -0.05) is 58.6 Å². The van der Waals surface area contributed by atoms with E-state index in [9.17, 15) is 0 Å². The van der Waals surface area contributed by atoms with E-state index in [0.717, 1.165) is 0 Å². The average Bonchev–Trinajstić information content (AvgIpc) is 2.06. The van der Waals surface area contributed by atoms with Gasteiger partial charge >= 0.3 is 0 Å². The van der Waals surface area contributed by atoms with Gasteiger partial charge in [-0.15, -0.1) is 0 Å². The topological polar surface area (TPSA) is 48.8 Å². The molecule has 0 heterocycles. The standard InChI is InChI=1S/C7H5Cl2N3/c8-7(9,11-12-10)6-4-2-1-3-5-6/h1-5H. The number of halogens is 2. The Kier molecular flexibility index (Phi) is 2.82. The summed E-state index contributed by atoms with van der Waals surface area (Å²) in [5.41, 5.74) is 8.71. The highest BCUT2D eigenvalue weighted by Gasteiger charge is 2.23. The van der Waals surface area contributed by atoms with E-state index in [-0.39, 0.29) is 0 Å². The Hall–Kier alpha value is -0.890. The lowest BCUT2D eigenvalue weighted by molar-refractivity contribution is 0.901. The minimum absolute atomic E-state index is 0.561. The Labute approximate surface area is 79.5 Å². The van der Waals surface area contributed by atoms with Crippen molar-refractivity contribution >= 4 is 23.2 Å². The molecule has 0 unspecified atom stereocenters. The number of rotatable bonds is 2. The largest absolute Gasteiger partial charge is 0.221 e. The lowest BCUT2D eigenvalue weighted by atomic mass is 10.2. The van der Waals surface area contributed by atoms with Crippen molar-refractivity contribution < 1.29 is 0 Å². The number of alkyl halides is 2. The van der Waals surface area contributed by atoms with Crippen LogP contribution < -0.4 is 0 Å². The van der Waals surface area contributed by atoms with E-state index in [1.54, 1.807) is 24.3 Å². The molecule has 5 heteroatoms. The first-order valence-electron chi connectivity index (χ1n) is 3.16. The van der Waals surface area contributed by atoms with Crippen LogP contribution in [0.2, 0.25) is 0 Å². The van der Waals surface area contributed by atoms with Gasteiger partial charge in [-0.2, -0.15) is 0 Å². The number of benzene rings is 1. The summed E-state index contributed by atoms with van der Waals surface area (Å²) in [6.45, 7) is 0. The zero-order valence-electron chi connectivity index (χ0n) is 5.98. The van der Waals surface area contributed by atoms with E-state index in [4.69, 9.17) is 28.7 Å². The lowest BCUT2D eigenvalue weighted by Gasteiger charge is -2.11. The summed E-state index contributed by atoms with van der Waals surface area (Å²) in [7, 11) is 0. The van der Waals surface area contributed by atoms with Crippen molar-refractivity contribution in [2.45, 2.75) is 4.46 Å². The second-order valence-corrected chi connectivity index (χ2v) is 3.38. The van der Waals surface area contributed by atoms with Gasteiger partial charge in [-0.25, -0.2) is 0 Å². The number of azide groups is 1. The number of hydrogen-bond donors (Lipinski definition) is 0. The molecule has 0 N–H and O–H groups in total. The molecule has 1 aromatic carbocycles. The second-order valence-electron chi connectivity index (χ2n) is 2.10. The van der Waals surface area contributed by atoms with E-state index >= 15 is 0 Å². The fourth-order valence-electron chi connectivity index (χ4n) is 0.753. The minimum Gasteiger partial charge on any atom is -0.0899 e. The summed E-state index contributed by atoms with van der Waals surface area (Å²) in [5, 5.41) is 3.24. The lowest BCUT2D eigenvalue weighted by Crippen LogP contribution is -2.04. The summed E-state index contributed by atoms with van der Waals surface area (Å²) >= 11 is 11.4. The van der Waals surface area contributed by atoms with Gasteiger partial charge in [0.1, 0.15) is 0 Å². The second kappa shape index (κ2) is 3.68. The van der Waals surface area contributed by atoms with E-state index in [0.29, 0.717) is 5.56 Å². The van der Waals surface area contributed by atoms with Gasteiger partial charge in [0.15, 0.2) is 0 Å². The van der Waals surface area contributed by atoms with E-state index in [2.05, 4.69) is 10.0 Å². The smallest absolute Gasteiger partial charge is 0.0899 e. The zero-order chi connectivity index (χ0) is 9.03. The fraction of sp³-hybridized carbons (Fsp3) is 0.143. The Morgan fingerprint density at radius 1 is 1.25 bits per heavy atom. The molecule has 0 radical (unpaired) electrons. The number of hydrogen-bond acceptors (Lipinski definition) is 1. The third-order valence-electron chi connectivity index (χ3n) is 1.29. The molecule has 0 saturated carbocycles. The molecule has 0 fully saturated rings. The van der Waals surface area contributed by atoms with Gasteiger partial charge in [0.05, 0.1) is 0 Å². The minimum atomic E-state index is -1.50. The SMILES string of the molecule is [N-]=[N+]=NC(Cl)(Cl)c1ccccc1. The first-order chi connectivity index (χ1) is 5.67. The highest BCUT2D eigenvalue weighted by atomic mass is 35.5.